The van der Waals surface area contributed by atoms with E-state index in [1.165, 1.54) is 11.8 Å². The Bertz CT molecular complexity index is 959. The van der Waals surface area contributed by atoms with E-state index in [0.717, 1.165) is 15.8 Å². The Balaban J connectivity index is 1.68. The summed E-state index contributed by atoms with van der Waals surface area (Å²) in [5.41, 5.74) is 2.22. The SMILES string of the molecule is COc1ccc(/C(C)=N\N=C2/NC(=O)C[C@@H](C(=O)Nc3ccc(Br)cc3)S2)cc1. The number of amides is 2. The summed E-state index contributed by atoms with van der Waals surface area (Å²) in [5.74, 6) is 0.231. The van der Waals surface area contributed by atoms with E-state index in [1.807, 2.05) is 43.3 Å². The van der Waals surface area contributed by atoms with Gasteiger partial charge in [0.1, 0.15) is 11.0 Å². The van der Waals surface area contributed by atoms with E-state index in [4.69, 9.17) is 4.74 Å². The van der Waals surface area contributed by atoms with Crippen molar-refractivity contribution < 1.29 is 14.3 Å². The first kappa shape index (κ1) is 21.1. The maximum absolute atomic E-state index is 12.5. The van der Waals surface area contributed by atoms with E-state index in [0.29, 0.717) is 16.6 Å². The molecule has 29 heavy (non-hydrogen) atoms. The van der Waals surface area contributed by atoms with Crippen molar-refractivity contribution in [3.8, 4) is 5.75 Å². The van der Waals surface area contributed by atoms with Gasteiger partial charge >= 0.3 is 0 Å². The average molecular weight is 475 g/mol. The Morgan fingerprint density at radius 3 is 2.55 bits per heavy atom. The van der Waals surface area contributed by atoms with Gasteiger partial charge in [0.25, 0.3) is 0 Å². The van der Waals surface area contributed by atoms with Crippen molar-refractivity contribution in [2.45, 2.75) is 18.6 Å². The summed E-state index contributed by atoms with van der Waals surface area (Å²) in [7, 11) is 1.61. The Hall–Kier alpha value is -2.65. The molecule has 1 saturated heterocycles. The van der Waals surface area contributed by atoms with Crippen LogP contribution in [0.25, 0.3) is 0 Å². The van der Waals surface area contributed by atoms with Crippen molar-refractivity contribution in [3.05, 3.63) is 58.6 Å². The number of carbonyl (C=O) groups excluding carboxylic acids is 2. The number of ether oxygens (including phenoxy) is 1. The molecule has 1 atom stereocenters. The number of thioether (sulfide) groups is 1. The average Bonchev–Trinajstić information content (AvgIpc) is 2.73. The van der Waals surface area contributed by atoms with E-state index in [9.17, 15) is 9.59 Å². The molecule has 9 heteroatoms. The molecule has 0 unspecified atom stereocenters. The number of nitrogens with one attached hydrogen (secondary N) is 2. The highest BCUT2D eigenvalue weighted by Gasteiger charge is 2.30. The molecule has 1 fully saturated rings. The molecule has 1 heterocycles. The molecule has 150 valence electrons. The van der Waals surface area contributed by atoms with Crippen LogP contribution in [0.3, 0.4) is 0 Å². The molecule has 0 bridgehead atoms. The van der Waals surface area contributed by atoms with E-state index in [2.05, 4.69) is 36.8 Å². The normalized spacial score (nSPS) is 18.3. The van der Waals surface area contributed by atoms with Crippen LogP contribution in [0.5, 0.6) is 5.75 Å². The van der Waals surface area contributed by atoms with Crippen molar-refractivity contribution in [3.63, 3.8) is 0 Å². The minimum Gasteiger partial charge on any atom is -0.497 e. The topological polar surface area (TPSA) is 92.2 Å². The zero-order chi connectivity index (χ0) is 20.8. The van der Waals surface area contributed by atoms with Crippen LogP contribution in [0, 0.1) is 0 Å². The van der Waals surface area contributed by atoms with E-state index in [-0.39, 0.29) is 18.2 Å². The van der Waals surface area contributed by atoms with Gasteiger partial charge in [-0.3, -0.25) is 9.59 Å². The van der Waals surface area contributed by atoms with E-state index < -0.39 is 5.25 Å². The van der Waals surface area contributed by atoms with Gasteiger partial charge in [-0.05, 0) is 61.0 Å². The number of hydrogen-bond donors (Lipinski definition) is 2. The number of anilines is 1. The van der Waals surface area contributed by atoms with Crippen molar-refractivity contribution in [1.29, 1.82) is 0 Å². The van der Waals surface area contributed by atoms with Crippen LogP contribution in [-0.4, -0.2) is 35.1 Å². The second-order valence-electron chi connectivity index (χ2n) is 6.17. The molecule has 1 aliphatic heterocycles. The smallest absolute Gasteiger partial charge is 0.238 e. The van der Waals surface area contributed by atoms with Gasteiger partial charge < -0.3 is 15.4 Å². The summed E-state index contributed by atoms with van der Waals surface area (Å²) < 4.78 is 6.06. The van der Waals surface area contributed by atoms with Gasteiger partial charge in [0.15, 0.2) is 5.17 Å². The lowest BCUT2D eigenvalue weighted by Crippen LogP contribution is -2.41. The molecule has 3 rings (SSSR count). The van der Waals surface area contributed by atoms with Gasteiger partial charge in [-0.1, -0.05) is 27.7 Å². The van der Waals surface area contributed by atoms with Crippen molar-refractivity contribution >= 4 is 56.1 Å². The van der Waals surface area contributed by atoms with Crippen LogP contribution in [0.2, 0.25) is 0 Å². The number of rotatable bonds is 5. The minimum atomic E-state index is -0.581. The van der Waals surface area contributed by atoms with Gasteiger partial charge in [0.2, 0.25) is 11.8 Å². The molecule has 2 N–H and O–H groups in total. The Labute approximate surface area is 181 Å². The number of carbonyl (C=O) groups is 2. The largest absolute Gasteiger partial charge is 0.497 e. The van der Waals surface area contributed by atoms with Crippen LogP contribution in [0.4, 0.5) is 5.69 Å². The number of halogens is 1. The molecule has 0 aromatic heterocycles. The first-order chi connectivity index (χ1) is 13.9. The second kappa shape index (κ2) is 9.71. The van der Waals surface area contributed by atoms with Gasteiger partial charge in [-0.25, -0.2) is 0 Å². The summed E-state index contributed by atoms with van der Waals surface area (Å²) in [6.07, 6.45) is 0.0766. The molecular weight excluding hydrogens is 456 g/mol. The fraction of sp³-hybridized carbons (Fsp3) is 0.200. The summed E-state index contributed by atoms with van der Waals surface area (Å²) in [6, 6.07) is 14.7. The van der Waals surface area contributed by atoms with Gasteiger partial charge in [-0.2, -0.15) is 5.10 Å². The van der Waals surface area contributed by atoms with Crippen LogP contribution in [0.15, 0.2) is 63.2 Å². The predicted molar refractivity (Wildman–Crippen MR) is 120 cm³/mol. The van der Waals surface area contributed by atoms with Gasteiger partial charge in [0.05, 0.1) is 12.8 Å². The van der Waals surface area contributed by atoms with E-state index >= 15 is 0 Å². The summed E-state index contributed by atoms with van der Waals surface area (Å²) in [5, 5.41) is 13.5. The third-order valence-corrected chi connectivity index (χ3v) is 5.67. The lowest BCUT2D eigenvalue weighted by molar-refractivity contribution is -0.123. The van der Waals surface area contributed by atoms with E-state index in [1.54, 1.807) is 19.2 Å². The fourth-order valence-corrected chi connectivity index (χ4v) is 3.70. The van der Waals surface area contributed by atoms with Crippen LogP contribution < -0.4 is 15.4 Å². The standard InChI is InChI=1S/C20H19BrN4O3S/c1-12(13-3-9-16(28-2)10-4-13)24-25-20-23-18(26)11-17(29-20)19(27)22-15-7-5-14(21)6-8-15/h3-10,17H,11H2,1-2H3,(H,22,27)(H,23,25,26)/b24-12-/t17-/m0/s1. The maximum Gasteiger partial charge on any atom is 0.238 e. The molecule has 2 aromatic rings. The molecule has 0 radical (unpaired) electrons. The van der Waals surface area contributed by atoms with Crippen LogP contribution in [-0.2, 0) is 9.59 Å². The number of hydrogen-bond acceptors (Lipinski definition) is 6. The first-order valence-corrected chi connectivity index (χ1v) is 10.4. The highest BCUT2D eigenvalue weighted by Crippen LogP contribution is 2.23. The number of nitrogens with zero attached hydrogens (tertiary/aromatic N) is 2. The number of benzene rings is 2. The van der Waals surface area contributed by atoms with Crippen LogP contribution in [0.1, 0.15) is 18.9 Å². The predicted octanol–water partition coefficient (Wildman–Crippen LogP) is 3.80. The highest BCUT2D eigenvalue weighted by atomic mass is 79.9. The van der Waals surface area contributed by atoms with Crippen molar-refractivity contribution in [1.82, 2.24) is 5.32 Å². The number of amidine groups is 1. The molecule has 2 amide bonds. The first-order valence-electron chi connectivity index (χ1n) is 8.74. The number of methoxy groups -OCH3 is 1. The molecule has 0 spiro atoms. The molecule has 0 aliphatic carbocycles. The van der Waals surface area contributed by atoms with Gasteiger partial charge in [0, 0.05) is 16.6 Å². The van der Waals surface area contributed by atoms with Crippen molar-refractivity contribution in [2.75, 3.05) is 12.4 Å². The van der Waals surface area contributed by atoms with Crippen molar-refractivity contribution in [2.24, 2.45) is 10.2 Å². The Kier molecular flexibility index (Phi) is 7.05. The monoisotopic (exact) mass is 474 g/mol. The highest BCUT2D eigenvalue weighted by molar-refractivity contribution is 9.10. The lowest BCUT2D eigenvalue weighted by Gasteiger charge is -2.21. The third kappa shape index (κ3) is 5.91. The summed E-state index contributed by atoms with van der Waals surface area (Å²) >= 11 is 4.53. The molecule has 7 nitrogen and oxygen atoms in total. The molecule has 0 saturated carbocycles. The fourth-order valence-electron chi connectivity index (χ4n) is 2.51. The molecular formula is C20H19BrN4O3S. The Morgan fingerprint density at radius 2 is 1.90 bits per heavy atom. The zero-order valence-electron chi connectivity index (χ0n) is 15.8. The second-order valence-corrected chi connectivity index (χ2v) is 8.28. The molecule has 1 aliphatic rings. The quantitative estimate of drug-likeness (QED) is 0.509. The van der Waals surface area contributed by atoms with Gasteiger partial charge in [-0.15, -0.1) is 5.10 Å². The lowest BCUT2D eigenvalue weighted by atomic mass is 10.1. The molecule has 2 aromatic carbocycles. The maximum atomic E-state index is 12.5. The summed E-state index contributed by atoms with van der Waals surface area (Å²) in [6.45, 7) is 1.82. The minimum absolute atomic E-state index is 0.0766. The summed E-state index contributed by atoms with van der Waals surface area (Å²) in [4.78, 5) is 24.6. The Morgan fingerprint density at radius 1 is 1.21 bits per heavy atom. The third-order valence-electron chi connectivity index (χ3n) is 4.07. The zero-order valence-corrected chi connectivity index (χ0v) is 18.2. The van der Waals surface area contributed by atoms with Crippen LogP contribution >= 0.6 is 27.7 Å².